The molecule has 2 saturated carbocycles. The van der Waals surface area contributed by atoms with Crippen LogP contribution in [0.15, 0.2) is 88.6 Å². The highest BCUT2D eigenvalue weighted by atomic mass is 16.5. The maximum absolute atomic E-state index is 16.3. The summed E-state index contributed by atoms with van der Waals surface area (Å²) in [6.45, 7) is 12.3. The van der Waals surface area contributed by atoms with E-state index in [4.69, 9.17) is 24.7 Å². The number of hydrogen-bond donors (Lipinski definition) is 4. The number of fused-ring (bicyclic) bond motifs is 1. The number of nitrogens with one attached hydrogen (secondary N) is 4. The molecule has 1 atom stereocenters. The first kappa shape index (κ1) is 39.8. The molecule has 2 aromatic heterocycles. The predicted octanol–water partition coefficient (Wildman–Crippen LogP) is 5.74. The third-order valence-corrected chi connectivity index (χ3v) is 13.2. The van der Waals surface area contributed by atoms with Crippen molar-refractivity contribution in [3.63, 3.8) is 0 Å². The van der Waals surface area contributed by atoms with E-state index in [1.165, 1.54) is 0 Å². The molecule has 2 saturated heterocycles. The van der Waals surface area contributed by atoms with Gasteiger partial charge in [-0.2, -0.15) is 4.99 Å². The zero-order valence-electron chi connectivity index (χ0n) is 34.9. The van der Waals surface area contributed by atoms with Gasteiger partial charge in [0.2, 0.25) is 11.4 Å². The molecule has 4 aliphatic heterocycles. The van der Waals surface area contributed by atoms with E-state index in [1.807, 2.05) is 36.8 Å². The van der Waals surface area contributed by atoms with Gasteiger partial charge in [-0.05, 0) is 67.5 Å². The average Bonchev–Trinajstić information content (AvgIpc) is 4.03. The molecule has 4 fully saturated rings. The Morgan fingerprint density at radius 1 is 0.780 bits per heavy atom. The number of hydrogen-bond acceptors (Lipinski definition) is 12. The molecule has 9 rings (SSSR count). The molecule has 4 N–H and O–H groups in total. The summed E-state index contributed by atoms with van der Waals surface area (Å²) >= 11 is 0. The number of anilines is 4. The first-order valence-corrected chi connectivity index (χ1v) is 22.3. The van der Waals surface area contributed by atoms with Gasteiger partial charge in [-0.1, -0.05) is 44.2 Å². The van der Waals surface area contributed by atoms with Gasteiger partial charge < -0.3 is 35.8 Å². The SMILES string of the molecule is CC(C)COC1(Cc2ccccc2)C=C2C=NC(Nc3ccc(N4CCNCC4)cn3)(Nc3ccc(N4CCNCC4)cn3)N=C2[N+](C2CCCC2)(C2CCCC2)C1=O. The van der Waals surface area contributed by atoms with Gasteiger partial charge in [-0.25, -0.2) is 24.2 Å². The van der Waals surface area contributed by atoms with Crippen molar-refractivity contribution in [3.8, 4) is 0 Å². The normalized spacial score (nSPS) is 24.6. The van der Waals surface area contributed by atoms with Crippen LogP contribution in [0.4, 0.5) is 23.0 Å². The van der Waals surface area contributed by atoms with Gasteiger partial charge in [0.15, 0.2) is 0 Å². The van der Waals surface area contributed by atoms with Crippen molar-refractivity contribution in [1.29, 1.82) is 0 Å². The van der Waals surface area contributed by atoms with Gasteiger partial charge in [-0.3, -0.25) is 0 Å². The van der Waals surface area contributed by atoms with Gasteiger partial charge in [0.05, 0.1) is 35.9 Å². The van der Waals surface area contributed by atoms with Crippen LogP contribution in [0, 0.1) is 5.92 Å². The number of rotatable bonds is 13. The second-order valence-electron chi connectivity index (χ2n) is 17.7. The van der Waals surface area contributed by atoms with E-state index in [-0.39, 0.29) is 28.4 Å². The van der Waals surface area contributed by atoms with Crippen LogP contribution in [0.5, 0.6) is 0 Å². The van der Waals surface area contributed by atoms with E-state index in [1.54, 1.807) is 0 Å². The Morgan fingerprint density at radius 3 is 1.81 bits per heavy atom. The average molecular weight is 801 g/mol. The summed E-state index contributed by atoms with van der Waals surface area (Å²) in [5.74, 6) is 0.964. The van der Waals surface area contributed by atoms with Crippen LogP contribution in [-0.2, 0) is 16.0 Å². The Bertz CT molecular complexity index is 1910. The fraction of sp³-hybridized carbons (Fsp3) is 0.543. The molecule has 6 heterocycles. The summed E-state index contributed by atoms with van der Waals surface area (Å²) in [7, 11) is 0. The third-order valence-electron chi connectivity index (χ3n) is 13.2. The lowest BCUT2D eigenvalue weighted by Gasteiger charge is -2.52. The summed E-state index contributed by atoms with van der Waals surface area (Å²) in [6, 6.07) is 18.8. The summed E-state index contributed by atoms with van der Waals surface area (Å²) in [4.78, 5) is 41.9. The fourth-order valence-electron chi connectivity index (χ4n) is 10.3. The quantitative estimate of drug-likeness (QED) is 0.126. The lowest BCUT2D eigenvalue weighted by molar-refractivity contribution is -0.821. The van der Waals surface area contributed by atoms with Crippen LogP contribution in [-0.4, -0.2) is 115 Å². The molecule has 312 valence electrons. The number of nitrogens with zero attached hydrogens (tertiary/aromatic N) is 7. The summed E-state index contributed by atoms with van der Waals surface area (Å²) in [5.41, 5.74) is 2.93. The van der Waals surface area contributed by atoms with Crippen molar-refractivity contribution in [2.24, 2.45) is 15.9 Å². The molecule has 59 heavy (non-hydrogen) atoms. The Labute approximate surface area is 349 Å². The van der Waals surface area contributed by atoms with E-state index < -0.39 is 11.5 Å². The number of carbonyl (C=O) groups is 1. The molecule has 3 aromatic rings. The number of pyridine rings is 2. The Balaban J connectivity index is 1.18. The molecular formula is C46H62N11O2+. The maximum Gasteiger partial charge on any atom is 0.356 e. The maximum atomic E-state index is 16.3. The van der Waals surface area contributed by atoms with Gasteiger partial charge in [0.25, 0.3) is 0 Å². The minimum atomic E-state index is -1.43. The van der Waals surface area contributed by atoms with Crippen molar-refractivity contribution in [2.75, 3.05) is 79.4 Å². The van der Waals surface area contributed by atoms with Crippen LogP contribution in [0.2, 0.25) is 0 Å². The van der Waals surface area contributed by atoms with Crippen LogP contribution in [0.1, 0.15) is 70.8 Å². The second kappa shape index (κ2) is 17.1. The van der Waals surface area contributed by atoms with E-state index in [9.17, 15) is 0 Å². The summed E-state index contributed by atoms with van der Waals surface area (Å²) in [6.07, 6.45) is 16.6. The predicted molar refractivity (Wildman–Crippen MR) is 236 cm³/mol. The highest BCUT2D eigenvalue weighted by Crippen LogP contribution is 2.48. The van der Waals surface area contributed by atoms with Crippen LogP contribution in [0.25, 0.3) is 0 Å². The zero-order chi connectivity index (χ0) is 40.3. The van der Waals surface area contributed by atoms with Crippen molar-refractivity contribution in [2.45, 2.75) is 95.2 Å². The van der Waals surface area contributed by atoms with Gasteiger partial charge in [0.1, 0.15) is 23.7 Å². The number of piperazine rings is 2. The lowest BCUT2D eigenvalue weighted by Crippen LogP contribution is -2.75. The molecule has 2 aliphatic carbocycles. The number of aromatic nitrogens is 2. The number of amides is 1. The summed E-state index contributed by atoms with van der Waals surface area (Å²) in [5, 5.41) is 14.2. The first-order valence-electron chi connectivity index (χ1n) is 22.3. The zero-order valence-corrected chi connectivity index (χ0v) is 34.9. The van der Waals surface area contributed by atoms with Crippen molar-refractivity contribution < 1.29 is 14.0 Å². The molecule has 6 aliphatic rings. The van der Waals surface area contributed by atoms with Gasteiger partial charge in [0, 0.05) is 90.7 Å². The monoisotopic (exact) mass is 801 g/mol. The lowest BCUT2D eigenvalue weighted by atomic mass is 9.81. The number of carbonyl (C=O) groups excluding carboxylic acids is 1. The highest BCUT2D eigenvalue weighted by Gasteiger charge is 2.66. The van der Waals surface area contributed by atoms with Gasteiger partial charge >= 0.3 is 11.8 Å². The number of ether oxygens (including phenoxy) is 1. The van der Waals surface area contributed by atoms with E-state index >= 15 is 4.79 Å². The molecular weight excluding hydrogens is 739 g/mol. The highest BCUT2D eigenvalue weighted by molar-refractivity contribution is 6.19. The van der Waals surface area contributed by atoms with Crippen molar-refractivity contribution in [3.05, 3.63) is 84.2 Å². The van der Waals surface area contributed by atoms with Crippen LogP contribution >= 0.6 is 0 Å². The number of aliphatic imine (C=N–C) groups is 2. The minimum Gasteiger partial charge on any atom is -0.368 e. The van der Waals surface area contributed by atoms with E-state index in [2.05, 4.69) is 87.4 Å². The molecule has 1 aromatic carbocycles. The number of quaternary nitrogens is 1. The van der Waals surface area contributed by atoms with E-state index in [0.29, 0.717) is 24.7 Å². The topological polar surface area (TPSA) is 131 Å². The van der Waals surface area contributed by atoms with Gasteiger partial charge in [-0.15, -0.1) is 0 Å². The first-order chi connectivity index (χ1) is 28.9. The standard InChI is InChI=1S/C46H62N11O2/c1-34(2)33-59-45(28-35-10-4-3-5-11-35)29-36-30-51-46(52-41-18-16-37(31-49-41)55-24-20-47-21-25-55,53-42-19-17-38(32-50-42)56-26-22-48-23-27-56)54-43(36)57(44(45)58,39-12-6-7-13-39)40-14-8-9-15-40/h3-5,10-11,16-19,29-32,34,39-40,47-48H,6-9,12-15,20-28,33H2,1-2H3,(H,49,52)(H,50,53)/q+1. The number of amidine groups is 1. The Morgan fingerprint density at radius 2 is 1.32 bits per heavy atom. The Hall–Kier alpha value is -4.69. The van der Waals surface area contributed by atoms with Crippen molar-refractivity contribution >= 4 is 41.0 Å². The molecule has 13 nitrogen and oxygen atoms in total. The largest absolute Gasteiger partial charge is 0.368 e. The Kier molecular flexibility index (Phi) is 11.5. The second-order valence-corrected chi connectivity index (χ2v) is 17.7. The molecule has 0 radical (unpaired) electrons. The molecule has 0 spiro atoms. The van der Waals surface area contributed by atoms with E-state index in [0.717, 1.165) is 132 Å². The third kappa shape index (κ3) is 8.02. The van der Waals surface area contributed by atoms with Crippen molar-refractivity contribution in [1.82, 2.24) is 20.6 Å². The molecule has 1 unspecified atom stereocenters. The van der Waals surface area contributed by atoms with Crippen LogP contribution < -0.4 is 31.1 Å². The minimum absolute atomic E-state index is 0.0860. The fourth-order valence-corrected chi connectivity index (χ4v) is 10.3. The molecule has 0 bridgehead atoms. The molecule has 13 heteroatoms. The number of benzene rings is 1. The summed E-state index contributed by atoms with van der Waals surface area (Å²) < 4.78 is 7.21. The molecule has 1 amide bonds. The van der Waals surface area contributed by atoms with Crippen LogP contribution in [0.3, 0.4) is 0 Å². The smallest absolute Gasteiger partial charge is 0.356 e.